The molecule has 1 aliphatic rings. The van der Waals surface area contributed by atoms with Crippen LogP contribution in [-0.4, -0.2) is 43.3 Å². The van der Waals surface area contributed by atoms with Gasteiger partial charge in [-0.05, 0) is 18.9 Å². The van der Waals surface area contributed by atoms with Crippen molar-refractivity contribution in [2.75, 3.05) is 18.1 Å². The molecule has 1 amide bonds. The van der Waals surface area contributed by atoms with Crippen molar-refractivity contribution in [2.45, 2.75) is 32.2 Å². The molecule has 1 aromatic rings. The molecule has 2 heterocycles. The Kier molecular flexibility index (Phi) is 5.57. The second-order valence-corrected chi connectivity index (χ2v) is 9.66. The average molecular weight is 370 g/mol. The summed E-state index contributed by atoms with van der Waals surface area (Å²) in [5, 5.41) is 0. The van der Waals surface area contributed by atoms with E-state index in [9.17, 15) is 13.2 Å². The van der Waals surface area contributed by atoms with Crippen molar-refractivity contribution in [3.8, 4) is 0 Å². The molecule has 0 aromatic carbocycles. The molecule has 8 heteroatoms. The van der Waals surface area contributed by atoms with Crippen LogP contribution in [0.5, 0.6) is 0 Å². The van der Waals surface area contributed by atoms with Crippen LogP contribution in [0.25, 0.3) is 0 Å². The monoisotopic (exact) mass is 369 g/mol. The van der Waals surface area contributed by atoms with Crippen molar-refractivity contribution in [1.29, 1.82) is 0 Å². The Morgan fingerprint density at radius 2 is 2.19 bits per heavy atom. The molecule has 0 radical (unpaired) electrons. The third-order valence-electron chi connectivity index (χ3n) is 3.55. The number of amides is 1. The number of hydrogen-bond donors (Lipinski definition) is 0. The highest BCUT2D eigenvalue weighted by Crippen LogP contribution is 2.33. The lowest BCUT2D eigenvalue weighted by molar-refractivity contribution is 0.0695. The minimum Gasteiger partial charge on any atom is -0.335 e. The summed E-state index contributed by atoms with van der Waals surface area (Å²) in [7, 11) is -3.04. The molecule has 0 bridgehead atoms. The Morgan fingerprint density at radius 3 is 2.67 bits per heavy atom. The minimum absolute atomic E-state index is 0.0396. The van der Waals surface area contributed by atoms with Crippen LogP contribution in [0.1, 0.15) is 36.5 Å². The standard InChI is InChI=1S/C13H17Cl2NO3S2/c1-2-3-5-16(9-4-6-21(18,19)8-9)13(17)10-7-11(14)20-12(10)15/h7,9H,2-6,8H2,1H3. The Balaban J connectivity index is 2.23. The molecule has 1 atom stereocenters. The van der Waals surface area contributed by atoms with E-state index in [1.165, 1.54) is 0 Å². The molecular weight excluding hydrogens is 353 g/mol. The fourth-order valence-corrected chi connectivity index (χ4v) is 5.62. The summed E-state index contributed by atoms with van der Waals surface area (Å²) in [6.45, 7) is 2.57. The van der Waals surface area contributed by atoms with Crippen molar-refractivity contribution in [1.82, 2.24) is 4.90 Å². The van der Waals surface area contributed by atoms with Crippen LogP contribution in [0.2, 0.25) is 8.67 Å². The van der Waals surface area contributed by atoms with Crippen LogP contribution in [0.15, 0.2) is 6.07 Å². The Hall–Kier alpha value is -0.300. The van der Waals surface area contributed by atoms with E-state index in [1.54, 1.807) is 11.0 Å². The normalized spacial score (nSPS) is 20.6. The van der Waals surface area contributed by atoms with Gasteiger partial charge in [-0.25, -0.2) is 8.42 Å². The first kappa shape index (κ1) is 17.1. The zero-order chi connectivity index (χ0) is 15.6. The van der Waals surface area contributed by atoms with Gasteiger partial charge in [-0.1, -0.05) is 36.5 Å². The van der Waals surface area contributed by atoms with Crippen molar-refractivity contribution in [2.24, 2.45) is 0 Å². The van der Waals surface area contributed by atoms with Gasteiger partial charge >= 0.3 is 0 Å². The van der Waals surface area contributed by atoms with Gasteiger partial charge in [-0.3, -0.25) is 4.79 Å². The summed E-state index contributed by atoms with van der Waals surface area (Å²) >= 11 is 13.1. The Bertz CT molecular complexity index is 627. The molecule has 0 spiro atoms. The van der Waals surface area contributed by atoms with Crippen LogP contribution in [0, 0.1) is 0 Å². The summed E-state index contributed by atoms with van der Waals surface area (Å²) in [4.78, 5) is 14.3. The van der Waals surface area contributed by atoms with Gasteiger partial charge in [0.15, 0.2) is 9.84 Å². The zero-order valence-electron chi connectivity index (χ0n) is 11.6. The van der Waals surface area contributed by atoms with Gasteiger partial charge in [-0.15, -0.1) is 11.3 Å². The maximum atomic E-state index is 12.7. The van der Waals surface area contributed by atoms with Crippen molar-refractivity contribution in [3.05, 3.63) is 20.3 Å². The van der Waals surface area contributed by atoms with Crippen molar-refractivity contribution < 1.29 is 13.2 Å². The third kappa shape index (κ3) is 4.12. The molecule has 1 unspecified atom stereocenters. The van der Waals surface area contributed by atoms with E-state index in [-0.39, 0.29) is 23.5 Å². The van der Waals surface area contributed by atoms with E-state index < -0.39 is 9.84 Å². The summed E-state index contributed by atoms with van der Waals surface area (Å²) in [6.07, 6.45) is 2.26. The molecule has 118 valence electrons. The first-order valence-corrected chi connectivity index (χ1v) is 10.2. The second-order valence-electron chi connectivity index (χ2n) is 5.15. The van der Waals surface area contributed by atoms with Gasteiger partial charge in [0.25, 0.3) is 5.91 Å². The number of hydrogen-bond acceptors (Lipinski definition) is 4. The van der Waals surface area contributed by atoms with Gasteiger partial charge in [0.05, 0.1) is 21.4 Å². The number of carbonyl (C=O) groups excluding carboxylic acids is 1. The van der Waals surface area contributed by atoms with Crippen LogP contribution < -0.4 is 0 Å². The van der Waals surface area contributed by atoms with E-state index in [2.05, 4.69) is 0 Å². The van der Waals surface area contributed by atoms with E-state index in [4.69, 9.17) is 23.2 Å². The lowest BCUT2D eigenvalue weighted by Gasteiger charge is -2.28. The molecule has 1 aliphatic heterocycles. The topological polar surface area (TPSA) is 54.5 Å². The SMILES string of the molecule is CCCCN(C(=O)c1cc(Cl)sc1Cl)C1CCS(=O)(=O)C1. The van der Waals surface area contributed by atoms with E-state index in [0.29, 0.717) is 27.2 Å². The van der Waals surface area contributed by atoms with Crippen LogP contribution in [-0.2, 0) is 9.84 Å². The predicted molar refractivity (Wildman–Crippen MR) is 87.3 cm³/mol. The molecule has 21 heavy (non-hydrogen) atoms. The molecule has 1 fully saturated rings. The van der Waals surface area contributed by atoms with Gasteiger partial charge in [0.1, 0.15) is 4.34 Å². The average Bonchev–Trinajstić information content (AvgIpc) is 2.92. The van der Waals surface area contributed by atoms with E-state index in [0.717, 1.165) is 24.2 Å². The lowest BCUT2D eigenvalue weighted by atomic mass is 10.1. The molecule has 1 saturated heterocycles. The smallest absolute Gasteiger partial charge is 0.256 e. The molecular formula is C13H17Cl2NO3S2. The van der Waals surface area contributed by atoms with Crippen molar-refractivity contribution in [3.63, 3.8) is 0 Å². The first-order chi connectivity index (χ1) is 9.84. The third-order valence-corrected chi connectivity index (χ3v) is 6.79. The maximum Gasteiger partial charge on any atom is 0.256 e. The highest BCUT2D eigenvalue weighted by molar-refractivity contribution is 7.91. The largest absolute Gasteiger partial charge is 0.335 e. The van der Waals surface area contributed by atoms with Gasteiger partial charge in [0.2, 0.25) is 0 Å². The number of carbonyl (C=O) groups is 1. The van der Waals surface area contributed by atoms with Crippen molar-refractivity contribution >= 4 is 50.3 Å². The molecule has 4 nitrogen and oxygen atoms in total. The quantitative estimate of drug-likeness (QED) is 0.797. The highest BCUT2D eigenvalue weighted by atomic mass is 35.5. The Morgan fingerprint density at radius 1 is 1.48 bits per heavy atom. The number of nitrogens with zero attached hydrogens (tertiary/aromatic N) is 1. The highest BCUT2D eigenvalue weighted by Gasteiger charge is 2.35. The maximum absolute atomic E-state index is 12.7. The number of unbranched alkanes of at least 4 members (excludes halogenated alkanes) is 1. The Labute approximate surface area is 139 Å². The minimum atomic E-state index is -3.04. The predicted octanol–water partition coefficient (Wildman–Crippen LogP) is 3.48. The molecule has 1 aromatic heterocycles. The fourth-order valence-electron chi connectivity index (χ4n) is 2.44. The summed E-state index contributed by atoms with van der Waals surface area (Å²) in [5.41, 5.74) is 0.368. The van der Waals surface area contributed by atoms with Gasteiger partial charge < -0.3 is 4.90 Å². The first-order valence-electron chi connectivity index (χ1n) is 6.80. The van der Waals surface area contributed by atoms with Crippen LogP contribution in [0.4, 0.5) is 0 Å². The molecule has 0 saturated carbocycles. The summed E-state index contributed by atoms with van der Waals surface area (Å²) < 4.78 is 24.1. The van der Waals surface area contributed by atoms with Gasteiger partial charge in [-0.2, -0.15) is 0 Å². The van der Waals surface area contributed by atoms with Gasteiger partial charge in [0, 0.05) is 12.6 Å². The lowest BCUT2D eigenvalue weighted by Crippen LogP contribution is -2.41. The summed E-state index contributed by atoms with van der Waals surface area (Å²) in [6, 6.07) is 1.29. The molecule has 2 rings (SSSR count). The van der Waals surface area contributed by atoms with Crippen LogP contribution in [0.3, 0.4) is 0 Å². The number of sulfone groups is 1. The number of rotatable bonds is 5. The fraction of sp³-hybridized carbons (Fsp3) is 0.615. The number of thiophene rings is 1. The van der Waals surface area contributed by atoms with Crippen LogP contribution >= 0.6 is 34.5 Å². The van der Waals surface area contributed by atoms with E-state index in [1.807, 2.05) is 6.92 Å². The summed E-state index contributed by atoms with van der Waals surface area (Å²) in [5.74, 6) is -0.0393. The zero-order valence-corrected chi connectivity index (χ0v) is 14.8. The molecule has 0 aliphatic carbocycles. The second kappa shape index (κ2) is 6.86. The molecule has 0 N–H and O–H groups in total. The number of halogens is 2. The van der Waals surface area contributed by atoms with E-state index >= 15 is 0 Å².